The van der Waals surface area contributed by atoms with Crippen molar-refractivity contribution in [2.24, 2.45) is 0 Å². The van der Waals surface area contributed by atoms with E-state index in [2.05, 4.69) is 4.72 Å². The fraction of sp³-hybridized carbons (Fsp3) is 0.286. The van der Waals surface area contributed by atoms with Gasteiger partial charge in [0, 0.05) is 15.8 Å². The van der Waals surface area contributed by atoms with E-state index in [-0.39, 0.29) is 11.5 Å². The van der Waals surface area contributed by atoms with Crippen molar-refractivity contribution in [3.8, 4) is 5.75 Å². The fourth-order valence-corrected chi connectivity index (χ4v) is 4.44. The largest absolute Gasteiger partial charge is 0.494 e. The van der Waals surface area contributed by atoms with Crippen LogP contribution in [0.3, 0.4) is 0 Å². The summed E-state index contributed by atoms with van der Waals surface area (Å²) in [5.74, 6) is 0.607. The van der Waals surface area contributed by atoms with Crippen LogP contribution in [0.4, 0.5) is 5.69 Å². The Morgan fingerprint density at radius 2 is 2.10 bits per heavy atom. The van der Waals surface area contributed by atoms with E-state index in [1.165, 1.54) is 17.4 Å². The Labute approximate surface area is 128 Å². The van der Waals surface area contributed by atoms with Crippen molar-refractivity contribution >= 4 is 27.0 Å². The zero-order valence-electron chi connectivity index (χ0n) is 11.8. The van der Waals surface area contributed by atoms with Crippen molar-refractivity contribution in [1.82, 2.24) is 0 Å². The second-order valence-corrected chi connectivity index (χ2v) is 7.35. The van der Waals surface area contributed by atoms with Gasteiger partial charge < -0.3 is 9.84 Å². The van der Waals surface area contributed by atoms with Gasteiger partial charge in [0.1, 0.15) is 10.6 Å². The molecule has 0 aliphatic carbocycles. The molecule has 2 rings (SSSR count). The predicted octanol–water partition coefficient (Wildman–Crippen LogP) is 2.75. The first-order valence-electron chi connectivity index (χ1n) is 6.42. The highest BCUT2D eigenvalue weighted by Gasteiger charge is 2.20. The number of hydrogen-bond acceptors (Lipinski definition) is 5. The van der Waals surface area contributed by atoms with E-state index in [1.807, 2.05) is 6.92 Å². The van der Waals surface area contributed by atoms with Gasteiger partial charge in [0.2, 0.25) is 0 Å². The molecule has 0 spiro atoms. The maximum atomic E-state index is 12.4. The molecule has 0 bridgehead atoms. The summed E-state index contributed by atoms with van der Waals surface area (Å²) >= 11 is 1.27. The Morgan fingerprint density at radius 3 is 2.71 bits per heavy atom. The molecule has 21 heavy (non-hydrogen) atoms. The lowest BCUT2D eigenvalue weighted by Crippen LogP contribution is -2.13. The van der Waals surface area contributed by atoms with Gasteiger partial charge in [-0.25, -0.2) is 8.42 Å². The number of rotatable bonds is 6. The summed E-state index contributed by atoms with van der Waals surface area (Å²) in [5, 5.41) is 9.10. The minimum atomic E-state index is -3.67. The fourth-order valence-electron chi connectivity index (χ4n) is 1.90. The van der Waals surface area contributed by atoms with Crippen LogP contribution in [0, 0.1) is 6.92 Å². The first kappa shape index (κ1) is 15.8. The van der Waals surface area contributed by atoms with Crippen molar-refractivity contribution in [3.63, 3.8) is 0 Å². The summed E-state index contributed by atoms with van der Waals surface area (Å²) in [6.07, 6.45) is 0. The van der Waals surface area contributed by atoms with E-state index in [9.17, 15) is 8.42 Å². The molecular formula is C14H17NO4S2. The van der Waals surface area contributed by atoms with Crippen LogP contribution < -0.4 is 9.46 Å². The number of aliphatic hydroxyl groups excluding tert-OH is 1. The summed E-state index contributed by atoms with van der Waals surface area (Å²) < 4.78 is 32.7. The Balaban J connectivity index is 2.28. The summed E-state index contributed by atoms with van der Waals surface area (Å²) in [4.78, 5) is 1.46. The minimum Gasteiger partial charge on any atom is -0.494 e. The van der Waals surface area contributed by atoms with Crippen molar-refractivity contribution in [2.75, 3.05) is 11.3 Å². The zero-order chi connectivity index (χ0) is 15.5. The first-order chi connectivity index (χ1) is 9.96. The van der Waals surface area contributed by atoms with Crippen molar-refractivity contribution < 1.29 is 18.3 Å². The number of aliphatic hydroxyl groups is 1. The Morgan fingerprint density at radius 1 is 1.33 bits per heavy atom. The Kier molecular flexibility index (Phi) is 4.87. The van der Waals surface area contributed by atoms with Crippen LogP contribution in [0.2, 0.25) is 0 Å². The van der Waals surface area contributed by atoms with Gasteiger partial charge in [-0.05, 0) is 32.0 Å². The smallest absolute Gasteiger partial charge is 0.263 e. The minimum absolute atomic E-state index is 0.166. The van der Waals surface area contributed by atoms with E-state index in [0.29, 0.717) is 27.8 Å². The molecule has 5 nitrogen and oxygen atoms in total. The second kappa shape index (κ2) is 6.46. The van der Waals surface area contributed by atoms with E-state index in [1.54, 1.807) is 31.2 Å². The molecule has 1 aromatic heterocycles. The maximum Gasteiger partial charge on any atom is 0.263 e. The molecule has 0 atom stereocenters. The molecule has 0 unspecified atom stereocenters. The average Bonchev–Trinajstić information content (AvgIpc) is 2.81. The molecule has 0 fully saturated rings. The third kappa shape index (κ3) is 3.75. The number of sulfonamides is 1. The number of aryl methyl sites for hydroxylation is 1. The average molecular weight is 327 g/mol. The Bertz CT molecular complexity index is 722. The molecule has 0 saturated carbocycles. The van der Waals surface area contributed by atoms with Gasteiger partial charge >= 0.3 is 0 Å². The lowest BCUT2D eigenvalue weighted by atomic mass is 10.3. The third-order valence-electron chi connectivity index (χ3n) is 2.77. The van der Waals surface area contributed by atoms with Crippen LogP contribution in [0.25, 0.3) is 0 Å². The normalized spacial score (nSPS) is 11.4. The van der Waals surface area contributed by atoms with Gasteiger partial charge in [0.25, 0.3) is 10.0 Å². The highest BCUT2D eigenvalue weighted by atomic mass is 32.2. The first-order valence-corrected chi connectivity index (χ1v) is 8.72. The molecule has 2 aromatic rings. The van der Waals surface area contributed by atoms with Gasteiger partial charge in [-0.2, -0.15) is 0 Å². The molecule has 7 heteroatoms. The maximum absolute atomic E-state index is 12.4. The van der Waals surface area contributed by atoms with Crippen LogP contribution >= 0.6 is 11.3 Å². The molecule has 0 aliphatic rings. The zero-order valence-corrected chi connectivity index (χ0v) is 13.4. The number of ether oxygens (including phenoxy) is 1. The van der Waals surface area contributed by atoms with Gasteiger partial charge in [-0.1, -0.05) is 6.07 Å². The second-order valence-electron chi connectivity index (χ2n) is 4.36. The topological polar surface area (TPSA) is 75.6 Å². The van der Waals surface area contributed by atoms with Gasteiger partial charge in [0.15, 0.2) is 0 Å². The quantitative estimate of drug-likeness (QED) is 0.855. The number of thiophene rings is 1. The SMILES string of the molecule is CCOc1cccc(NS(=O)(=O)c2cc(CO)sc2C)c1. The lowest BCUT2D eigenvalue weighted by Gasteiger charge is -2.09. The number of hydrogen-bond donors (Lipinski definition) is 2. The predicted molar refractivity (Wildman–Crippen MR) is 83.4 cm³/mol. The van der Waals surface area contributed by atoms with E-state index in [0.717, 1.165) is 0 Å². The number of anilines is 1. The van der Waals surface area contributed by atoms with Crippen molar-refractivity contribution in [3.05, 3.63) is 40.1 Å². The standard InChI is InChI=1S/C14H17NO4S2/c1-3-19-12-6-4-5-11(7-12)15-21(17,18)14-8-13(9-16)20-10(14)2/h4-8,15-16H,3,9H2,1-2H3. The van der Waals surface area contributed by atoms with Crippen LogP contribution in [-0.2, 0) is 16.6 Å². The lowest BCUT2D eigenvalue weighted by molar-refractivity contribution is 0.285. The molecular weight excluding hydrogens is 310 g/mol. The molecule has 0 saturated heterocycles. The summed E-state index contributed by atoms with van der Waals surface area (Å²) in [6.45, 7) is 3.93. The van der Waals surface area contributed by atoms with E-state index < -0.39 is 10.0 Å². The van der Waals surface area contributed by atoms with Gasteiger partial charge in [0.05, 0.1) is 18.9 Å². The van der Waals surface area contributed by atoms with Crippen molar-refractivity contribution in [1.29, 1.82) is 0 Å². The summed E-state index contributed by atoms with van der Waals surface area (Å²) in [5.41, 5.74) is 0.442. The molecule has 2 N–H and O–H groups in total. The van der Waals surface area contributed by atoms with E-state index >= 15 is 0 Å². The monoisotopic (exact) mass is 327 g/mol. The van der Waals surface area contributed by atoms with Gasteiger partial charge in [-0.3, -0.25) is 4.72 Å². The van der Waals surface area contributed by atoms with Crippen LogP contribution in [0.5, 0.6) is 5.75 Å². The third-order valence-corrected chi connectivity index (χ3v) is 5.44. The van der Waals surface area contributed by atoms with Crippen molar-refractivity contribution in [2.45, 2.75) is 25.3 Å². The van der Waals surface area contributed by atoms with Crippen LogP contribution in [-0.4, -0.2) is 20.1 Å². The highest BCUT2D eigenvalue weighted by molar-refractivity contribution is 7.93. The number of benzene rings is 1. The van der Waals surface area contributed by atoms with E-state index in [4.69, 9.17) is 9.84 Å². The highest BCUT2D eigenvalue weighted by Crippen LogP contribution is 2.28. The molecule has 114 valence electrons. The number of nitrogens with one attached hydrogen (secondary N) is 1. The molecule has 1 aromatic carbocycles. The van der Waals surface area contributed by atoms with Crippen LogP contribution in [0.1, 0.15) is 16.7 Å². The van der Waals surface area contributed by atoms with Crippen LogP contribution in [0.15, 0.2) is 35.2 Å². The Hall–Kier alpha value is -1.57. The summed E-state index contributed by atoms with van der Waals surface area (Å²) in [7, 11) is -3.67. The molecule has 0 aliphatic heterocycles. The molecule has 1 heterocycles. The molecule has 0 amide bonds. The molecule has 0 radical (unpaired) electrons. The van der Waals surface area contributed by atoms with Gasteiger partial charge in [-0.15, -0.1) is 11.3 Å². The summed E-state index contributed by atoms with van der Waals surface area (Å²) in [6, 6.07) is 8.28.